The Morgan fingerprint density at radius 2 is 1.55 bits per heavy atom. The summed E-state index contributed by atoms with van der Waals surface area (Å²) in [6, 6.07) is 15.3. The van der Waals surface area contributed by atoms with E-state index in [9.17, 15) is 20.2 Å². The molecular formula is C19H11Cl2N3O5. The molecular weight excluding hydrogens is 421 g/mol. The van der Waals surface area contributed by atoms with E-state index in [0.717, 1.165) is 23.9 Å². The van der Waals surface area contributed by atoms with Crippen molar-refractivity contribution in [1.29, 1.82) is 0 Å². The van der Waals surface area contributed by atoms with Gasteiger partial charge in [-0.15, -0.1) is 0 Å². The molecule has 8 nitrogen and oxygen atoms in total. The molecule has 0 aliphatic heterocycles. The summed E-state index contributed by atoms with van der Waals surface area (Å²) in [7, 11) is 0. The maximum atomic E-state index is 11.3. The Kier molecular flexibility index (Phi) is 6.06. The van der Waals surface area contributed by atoms with Crippen molar-refractivity contribution in [1.82, 2.24) is 0 Å². The van der Waals surface area contributed by atoms with E-state index in [1.54, 1.807) is 6.21 Å². The molecule has 10 heteroatoms. The topological polar surface area (TPSA) is 108 Å². The first-order valence-electron chi connectivity index (χ1n) is 8.04. The fourth-order valence-corrected chi connectivity index (χ4v) is 2.95. The second kappa shape index (κ2) is 8.68. The first kappa shape index (κ1) is 20.2. The quantitative estimate of drug-likeness (QED) is 0.256. The number of aliphatic imine (C=N–C) groups is 1. The van der Waals surface area contributed by atoms with Gasteiger partial charge in [-0.05, 0) is 35.9 Å². The van der Waals surface area contributed by atoms with Crippen LogP contribution in [0.1, 0.15) is 5.56 Å². The highest BCUT2D eigenvalue weighted by Crippen LogP contribution is 2.41. The fourth-order valence-electron chi connectivity index (χ4n) is 2.37. The van der Waals surface area contributed by atoms with Crippen LogP contribution in [0.5, 0.6) is 11.5 Å². The summed E-state index contributed by atoms with van der Waals surface area (Å²) in [6.07, 6.45) is 1.56. The van der Waals surface area contributed by atoms with Crippen molar-refractivity contribution >= 4 is 46.5 Å². The summed E-state index contributed by atoms with van der Waals surface area (Å²) in [5.74, 6) is -0.239. The van der Waals surface area contributed by atoms with Crippen molar-refractivity contribution in [2.75, 3.05) is 0 Å². The second-order valence-corrected chi connectivity index (χ2v) is 6.49. The van der Waals surface area contributed by atoms with Crippen LogP contribution in [0, 0.1) is 20.2 Å². The van der Waals surface area contributed by atoms with Gasteiger partial charge in [-0.3, -0.25) is 25.2 Å². The SMILES string of the molecule is O=[N+]([O-])c1ccc(Oc2c(Cl)cc(C=Nc3ccccc3)cc2Cl)c([N+](=O)[O-])c1. The van der Waals surface area contributed by atoms with Gasteiger partial charge in [0.05, 0.1) is 31.6 Å². The van der Waals surface area contributed by atoms with Crippen LogP contribution in [0.2, 0.25) is 10.0 Å². The summed E-state index contributed by atoms with van der Waals surface area (Å²) in [4.78, 5) is 24.9. The lowest BCUT2D eigenvalue weighted by molar-refractivity contribution is -0.394. The normalized spacial score (nSPS) is 10.8. The van der Waals surface area contributed by atoms with Crippen LogP contribution in [0.25, 0.3) is 0 Å². The van der Waals surface area contributed by atoms with E-state index in [1.807, 2.05) is 30.3 Å². The maximum absolute atomic E-state index is 11.3. The zero-order valence-corrected chi connectivity index (χ0v) is 16.0. The van der Waals surface area contributed by atoms with Crippen LogP contribution in [-0.4, -0.2) is 16.1 Å². The van der Waals surface area contributed by atoms with Crippen LogP contribution < -0.4 is 4.74 Å². The number of ether oxygens (including phenoxy) is 1. The average Bonchev–Trinajstić information content (AvgIpc) is 2.69. The van der Waals surface area contributed by atoms with Crippen molar-refractivity contribution in [3.05, 3.63) is 96.5 Å². The third kappa shape index (κ3) is 4.87. The van der Waals surface area contributed by atoms with Gasteiger partial charge in [0, 0.05) is 12.3 Å². The van der Waals surface area contributed by atoms with Crippen LogP contribution in [0.15, 0.2) is 65.7 Å². The molecule has 0 radical (unpaired) electrons. The van der Waals surface area contributed by atoms with Gasteiger partial charge in [0.15, 0.2) is 5.75 Å². The van der Waals surface area contributed by atoms with Crippen molar-refractivity contribution in [3.8, 4) is 11.5 Å². The monoisotopic (exact) mass is 431 g/mol. The number of non-ortho nitro benzene ring substituents is 1. The van der Waals surface area contributed by atoms with Gasteiger partial charge in [-0.1, -0.05) is 41.4 Å². The summed E-state index contributed by atoms with van der Waals surface area (Å²) in [6.45, 7) is 0. The summed E-state index contributed by atoms with van der Waals surface area (Å²) < 4.78 is 5.51. The smallest absolute Gasteiger partial charge is 0.318 e. The number of para-hydroxylation sites is 1. The van der Waals surface area contributed by atoms with E-state index >= 15 is 0 Å². The van der Waals surface area contributed by atoms with E-state index in [0.29, 0.717) is 5.56 Å². The third-order valence-corrected chi connectivity index (χ3v) is 4.26. The molecule has 0 spiro atoms. The van der Waals surface area contributed by atoms with Crippen LogP contribution >= 0.6 is 23.2 Å². The van der Waals surface area contributed by atoms with Gasteiger partial charge in [0.1, 0.15) is 0 Å². The van der Waals surface area contributed by atoms with Gasteiger partial charge in [-0.2, -0.15) is 0 Å². The van der Waals surface area contributed by atoms with Crippen molar-refractivity contribution in [3.63, 3.8) is 0 Å². The summed E-state index contributed by atoms with van der Waals surface area (Å²) in [5, 5.41) is 22.3. The van der Waals surface area contributed by atoms with E-state index in [4.69, 9.17) is 27.9 Å². The third-order valence-electron chi connectivity index (χ3n) is 3.70. The fraction of sp³-hybridized carbons (Fsp3) is 0. The Labute approximate surface area is 174 Å². The van der Waals surface area contributed by atoms with Gasteiger partial charge in [0.2, 0.25) is 5.75 Å². The molecule has 0 aliphatic rings. The van der Waals surface area contributed by atoms with Gasteiger partial charge >= 0.3 is 5.69 Å². The number of halogens is 2. The highest BCUT2D eigenvalue weighted by atomic mass is 35.5. The lowest BCUT2D eigenvalue weighted by atomic mass is 10.2. The van der Waals surface area contributed by atoms with E-state index in [-0.39, 0.29) is 21.5 Å². The molecule has 3 aromatic rings. The molecule has 146 valence electrons. The molecule has 0 unspecified atom stereocenters. The minimum atomic E-state index is -0.787. The predicted molar refractivity (Wildman–Crippen MR) is 110 cm³/mol. The summed E-state index contributed by atoms with van der Waals surface area (Å²) in [5.41, 5.74) is 0.311. The molecule has 0 fully saturated rings. The Bertz CT molecular complexity index is 1100. The Balaban J connectivity index is 1.92. The van der Waals surface area contributed by atoms with Gasteiger partial charge < -0.3 is 4.74 Å². The van der Waals surface area contributed by atoms with Crippen molar-refractivity contribution in [2.45, 2.75) is 0 Å². The van der Waals surface area contributed by atoms with Crippen LogP contribution in [0.3, 0.4) is 0 Å². The Hall–Kier alpha value is -3.49. The average molecular weight is 432 g/mol. The first-order chi connectivity index (χ1) is 13.8. The van der Waals surface area contributed by atoms with E-state index in [2.05, 4.69) is 4.99 Å². The molecule has 0 aliphatic carbocycles. The Morgan fingerprint density at radius 3 is 2.14 bits per heavy atom. The minimum absolute atomic E-state index is 0.0119. The molecule has 0 amide bonds. The van der Waals surface area contributed by atoms with E-state index < -0.39 is 21.2 Å². The number of hydrogen-bond acceptors (Lipinski definition) is 6. The molecule has 0 heterocycles. The maximum Gasteiger partial charge on any atom is 0.318 e. The predicted octanol–water partition coefficient (Wildman–Crippen LogP) is 6.35. The highest BCUT2D eigenvalue weighted by Gasteiger charge is 2.23. The Morgan fingerprint density at radius 1 is 0.897 bits per heavy atom. The lowest BCUT2D eigenvalue weighted by Gasteiger charge is -2.10. The molecule has 0 atom stereocenters. The number of nitrogens with zero attached hydrogens (tertiary/aromatic N) is 3. The number of nitro benzene ring substituents is 2. The molecule has 0 saturated heterocycles. The van der Waals surface area contributed by atoms with Gasteiger partial charge in [0.25, 0.3) is 5.69 Å². The number of benzene rings is 3. The number of rotatable bonds is 6. The zero-order chi connectivity index (χ0) is 21.0. The molecule has 29 heavy (non-hydrogen) atoms. The molecule has 0 bridgehead atoms. The lowest BCUT2D eigenvalue weighted by Crippen LogP contribution is -1.97. The second-order valence-electron chi connectivity index (χ2n) is 5.68. The molecule has 0 saturated carbocycles. The van der Waals surface area contributed by atoms with Crippen LogP contribution in [-0.2, 0) is 0 Å². The highest BCUT2D eigenvalue weighted by molar-refractivity contribution is 6.37. The van der Waals surface area contributed by atoms with Crippen molar-refractivity contribution < 1.29 is 14.6 Å². The first-order valence-corrected chi connectivity index (χ1v) is 8.79. The van der Waals surface area contributed by atoms with E-state index in [1.165, 1.54) is 12.1 Å². The zero-order valence-electron chi connectivity index (χ0n) is 14.5. The molecule has 0 aromatic heterocycles. The van der Waals surface area contributed by atoms with Crippen molar-refractivity contribution in [2.24, 2.45) is 4.99 Å². The molecule has 3 aromatic carbocycles. The number of hydrogen-bond donors (Lipinski definition) is 0. The van der Waals surface area contributed by atoms with Gasteiger partial charge in [-0.25, -0.2) is 0 Å². The summed E-state index contributed by atoms with van der Waals surface area (Å²) >= 11 is 12.5. The standard InChI is InChI=1S/C19H11Cl2N3O5/c20-15-8-12(11-22-13-4-2-1-3-5-13)9-16(21)19(15)29-18-7-6-14(23(25)26)10-17(18)24(27)28/h1-11H. The molecule has 0 N–H and O–H groups in total. The largest absolute Gasteiger partial charge is 0.447 e. The molecule has 3 rings (SSSR count). The van der Waals surface area contributed by atoms with Crippen LogP contribution in [0.4, 0.5) is 17.1 Å². The number of nitro groups is 2. The minimum Gasteiger partial charge on any atom is -0.447 e.